The van der Waals surface area contributed by atoms with Crippen molar-refractivity contribution < 1.29 is 14.1 Å². The second kappa shape index (κ2) is 7.09. The quantitative estimate of drug-likeness (QED) is 0.795. The highest BCUT2D eigenvalue weighted by atomic mass is 16.6. The summed E-state index contributed by atoms with van der Waals surface area (Å²) in [5.74, 6) is 0.712. The number of carbonyl (C=O) groups is 1. The van der Waals surface area contributed by atoms with Crippen LogP contribution < -0.4 is 5.73 Å². The predicted molar refractivity (Wildman–Crippen MR) is 88.4 cm³/mol. The minimum atomic E-state index is -0.435. The molecule has 0 radical (unpaired) electrons. The summed E-state index contributed by atoms with van der Waals surface area (Å²) in [6.07, 6.45) is 4.75. The van der Waals surface area contributed by atoms with Crippen LogP contribution in [0.15, 0.2) is 0 Å². The maximum absolute atomic E-state index is 12.2. The predicted octanol–water partition coefficient (Wildman–Crippen LogP) is 2.23. The van der Waals surface area contributed by atoms with Crippen LogP contribution in [0, 0.1) is 5.92 Å². The van der Waals surface area contributed by atoms with E-state index in [0.29, 0.717) is 12.0 Å². The number of rotatable bonds is 2. The highest BCUT2D eigenvalue weighted by Gasteiger charge is 2.35. The normalized spacial score (nSPS) is 27.9. The Morgan fingerprint density at radius 1 is 1.32 bits per heavy atom. The first-order chi connectivity index (χ1) is 10.3. The molecule has 2 rings (SSSR count). The number of amides is 1. The van der Waals surface area contributed by atoms with Gasteiger partial charge in [-0.25, -0.2) is 0 Å². The highest BCUT2D eigenvalue weighted by molar-refractivity contribution is 5.83. The summed E-state index contributed by atoms with van der Waals surface area (Å²) in [6.45, 7) is 11.1. The molecule has 22 heavy (non-hydrogen) atoms. The molecule has 0 aromatic heterocycles. The fourth-order valence-electron chi connectivity index (χ4n) is 3.50. The van der Waals surface area contributed by atoms with E-state index in [2.05, 4.69) is 4.90 Å². The topological polar surface area (TPSA) is 58.6 Å². The van der Waals surface area contributed by atoms with Gasteiger partial charge in [0.05, 0.1) is 13.1 Å². The van der Waals surface area contributed by atoms with Crippen molar-refractivity contribution in [2.75, 3.05) is 26.2 Å². The number of nitrogens with two attached hydrogens (primary N) is 1. The van der Waals surface area contributed by atoms with Gasteiger partial charge in [0.2, 0.25) is 0 Å². The van der Waals surface area contributed by atoms with Crippen molar-refractivity contribution in [2.45, 2.75) is 65.0 Å². The van der Waals surface area contributed by atoms with Gasteiger partial charge in [0, 0.05) is 13.0 Å². The number of ether oxygens (including phenoxy) is 1. The molecule has 2 aliphatic rings. The molecule has 0 unspecified atom stereocenters. The average molecular weight is 310 g/mol. The van der Waals surface area contributed by atoms with Crippen LogP contribution in [0.3, 0.4) is 0 Å². The molecule has 1 saturated carbocycles. The number of hydrogen-bond acceptors (Lipinski definition) is 4. The third-order valence-corrected chi connectivity index (χ3v) is 4.78. The Hall–Kier alpha value is -0.940. The molecule has 1 heterocycles. The van der Waals surface area contributed by atoms with E-state index in [-0.39, 0.29) is 6.09 Å². The van der Waals surface area contributed by atoms with Crippen LogP contribution in [-0.4, -0.2) is 59.1 Å². The Morgan fingerprint density at radius 3 is 2.45 bits per heavy atom. The first-order valence-electron chi connectivity index (χ1n) is 8.57. The summed E-state index contributed by atoms with van der Waals surface area (Å²) in [5, 5.41) is 0. The molecule has 0 saturated heterocycles. The number of hydrogen-bond donors (Lipinski definition) is 1. The van der Waals surface area contributed by atoms with Gasteiger partial charge in [-0.1, -0.05) is 0 Å². The van der Waals surface area contributed by atoms with E-state index in [4.69, 9.17) is 10.5 Å². The van der Waals surface area contributed by atoms with Crippen LogP contribution >= 0.6 is 0 Å². The molecule has 5 nitrogen and oxygen atoms in total. The fourth-order valence-corrected chi connectivity index (χ4v) is 3.50. The van der Waals surface area contributed by atoms with Crippen LogP contribution in [0.4, 0.5) is 4.79 Å². The van der Waals surface area contributed by atoms with E-state index in [1.165, 1.54) is 25.7 Å². The van der Waals surface area contributed by atoms with E-state index in [9.17, 15) is 4.79 Å². The lowest BCUT2D eigenvalue weighted by Crippen LogP contribution is -2.51. The monoisotopic (exact) mass is 310 g/mol. The molecule has 2 N–H and O–H groups in total. The van der Waals surface area contributed by atoms with Crippen LogP contribution in [0.5, 0.6) is 0 Å². The van der Waals surface area contributed by atoms with E-state index in [1.54, 1.807) is 4.58 Å². The highest BCUT2D eigenvalue weighted by Crippen LogP contribution is 2.27. The molecule has 1 aliphatic heterocycles. The van der Waals surface area contributed by atoms with Crippen molar-refractivity contribution in [2.24, 2.45) is 11.7 Å². The lowest BCUT2D eigenvalue weighted by molar-refractivity contribution is -0.459. The lowest BCUT2D eigenvalue weighted by atomic mass is 9.85. The maximum atomic E-state index is 12.2. The Balaban J connectivity index is 1.93. The molecular weight excluding hydrogens is 278 g/mol. The van der Waals surface area contributed by atoms with Gasteiger partial charge in [-0.3, -0.25) is 4.90 Å². The van der Waals surface area contributed by atoms with Crippen molar-refractivity contribution in [3.63, 3.8) is 0 Å². The van der Waals surface area contributed by atoms with Crippen LogP contribution in [0.2, 0.25) is 0 Å². The SMILES string of the molecule is CC1=[N+](C(=O)OC(C)(C)C)CCN(C2CCC(CN)CC2)C1. The van der Waals surface area contributed by atoms with Gasteiger partial charge in [0.1, 0.15) is 5.60 Å². The molecule has 1 amide bonds. The van der Waals surface area contributed by atoms with Crippen molar-refractivity contribution in [1.82, 2.24) is 4.90 Å². The fraction of sp³-hybridized carbons (Fsp3) is 0.882. The van der Waals surface area contributed by atoms with Gasteiger partial charge in [-0.2, -0.15) is 4.79 Å². The summed E-state index contributed by atoms with van der Waals surface area (Å²) in [4.78, 5) is 14.8. The standard InChI is InChI=1S/C17H32N3O2/c1-13-12-19(15-7-5-14(11-18)6-8-15)9-10-20(13)16(21)22-17(2,3)4/h14-15H,5-12,18H2,1-4H3/q+1. The molecular formula is C17H32N3O2+. The van der Waals surface area contributed by atoms with Gasteiger partial charge in [-0.05, 0) is 58.9 Å². The molecule has 0 atom stereocenters. The van der Waals surface area contributed by atoms with Gasteiger partial charge >= 0.3 is 6.09 Å². The van der Waals surface area contributed by atoms with Crippen LogP contribution in [-0.2, 0) is 4.74 Å². The molecule has 126 valence electrons. The average Bonchev–Trinajstić information content (AvgIpc) is 2.45. The molecule has 0 aromatic rings. The zero-order chi connectivity index (χ0) is 16.3. The van der Waals surface area contributed by atoms with E-state index in [1.807, 2.05) is 27.7 Å². The van der Waals surface area contributed by atoms with Crippen molar-refractivity contribution >= 4 is 11.8 Å². The molecule has 0 aromatic carbocycles. The van der Waals surface area contributed by atoms with Crippen molar-refractivity contribution in [1.29, 1.82) is 0 Å². The zero-order valence-corrected chi connectivity index (χ0v) is 14.6. The Morgan fingerprint density at radius 2 is 1.95 bits per heavy atom. The first kappa shape index (κ1) is 17.4. The minimum Gasteiger partial charge on any atom is -0.406 e. The second-order valence-corrected chi connectivity index (χ2v) is 7.75. The molecule has 1 fully saturated rings. The van der Waals surface area contributed by atoms with E-state index >= 15 is 0 Å². The van der Waals surface area contributed by atoms with E-state index in [0.717, 1.165) is 31.9 Å². The van der Waals surface area contributed by atoms with Gasteiger partial charge in [-0.15, -0.1) is 4.58 Å². The Bertz CT molecular complexity index is 432. The van der Waals surface area contributed by atoms with Gasteiger partial charge in [0.15, 0.2) is 12.3 Å². The third kappa shape index (κ3) is 4.53. The Labute approximate surface area is 134 Å². The summed E-state index contributed by atoms with van der Waals surface area (Å²) < 4.78 is 7.29. The number of nitrogens with zero attached hydrogens (tertiary/aromatic N) is 2. The summed E-state index contributed by atoms with van der Waals surface area (Å²) >= 11 is 0. The third-order valence-electron chi connectivity index (χ3n) is 4.78. The lowest BCUT2D eigenvalue weighted by Gasteiger charge is -2.37. The molecule has 0 spiro atoms. The minimum absolute atomic E-state index is 0.212. The molecule has 0 bridgehead atoms. The summed E-state index contributed by atoms with van der Waals surface area (Å²) in [7, 11) is 0. The smallest absolute Gasteiger partial charge is 0.406 e. The maximum Gasteiger partial charge on any atom is 0.596 e. The second-order valence-electron chi connectivity index (χ2n) is 7.75. The van der Waals surface area contributed by atoms with Crippen LogP contribution in [0.25, 0.3) is 0 Å². The van der Waals surface area contributed by atoms with E-state index < -0.39 is 5.60 Å². The summed E-state index contributed by atoms with van der Waals surface area (Å²) in [6, 6.07) is 0.651. The summed E-state index contributed by atoms with van der Waals surface area (Å²) in [5.41, 5.74) is 6.44. The molecule has 1 aliphatic carbocycles. The zero-order valence-electron chi connectivity index (χ0n) is 14.6. The number of carbonyl (C=O) groups excluding carboxylic acids is 1. The van der Waals surface area contributed by atoms with Gasteiger partial charge < -0.3 is 10.5 Å². The Kier molecular flexibility index (Phi) is 5.61. The van der Waals surface area contributed by atoms with Gasteiger partial charge in [0.25, 0.3) is 0 Å². The van der Waals surface area contributed by atoms with Crippen molar-refractivity contribution in [3.8, 4) is 0 Å². The largest absolute Gasteiger partial charge is 0.596 e. The molecule has 5 heteroatoms. The van der Waals surface area contributed by atoms with Crippen LogP contribution in [0.1, 0.15) is 53.4 Å². The first-order valence-corrected chi connectivity index (χ1v) is 8.57. The van der Waals surface area contributed by atoms with Crippen molar-refractivity contribution in [3.05, 3.63) is 0 Å².